The van der Waals surface area contributed by atoms with Gasteiger partial charge in [-0.05, 0) is 80.1 Å². The molecule has 4 rings (SSSR count). The SMILES string of the molecule is CC(C)(C)OC(=O)N1[C@@H]2CC[C@H]1[C@H](O)C2.CC(C)(C)OC(=O)N1[C@H]2CC[C@@H]1[C@@H](O)C2. The van der Waals surface area contributed by atoms with Crippen molar-refractivity contribution in [2.24, 2.45) is 0 Å². The van der Waals surface area contributed by atoms with E-state index in [4.69, 9.17) is 9.47 Å². The largest absolute Gasteiger partial charge is 0.444 e. The fourth-order valence-electron chi connectivity index (χ4n) is 5.11. The first kappa shape index (κ1) is 23.1. The van der Waals surface area contributed by atoms with Crippen LogP contribution in [0.15, 0.2) is 0 Å². The number of rotatable bonds is 0. The minimum Gasteiger partial charge on any atom is -0.444 e. The first-order chi connectivity index (χ1) is 13.8. The minimum atomic E-state index is -0.454. The molecular weight excluding hydrogens is 388 g/mol. The molecular formula is C22H38N2O6. The molecule has 4 saturated heterocycles. The second-order valence-electron chi connectivity index (χ2n) is 11.0. The van der Waals surface area contributed by atoms with Gasteiger partial charge >= 0.3 is 12.2 Å². The molecule has 0 aliphatic carbocycles. The molecule has 2 amide bonds. The Hall–Kier alpha value is -1.54. The molecule has 2 N–H and O–H groups in total. The standard InChI is InChI=1S/2C11H19NO3/c2*1-11(2,3)15-10(14)12-7-4-5-8(12)9(13)6-7/h2*7-9,13H,4-6H2,1-3H3/t2*7-,8+,9-/m10/s1. The van der Waals surface area contributed by atoms with Crippen molar-refractivity contribution in [3.05, 3.63) is 0 Å². The third-order valence-corrected chi connectivity index (χ3v) is 6.22. The van der Waals surface area contributed by atoms with Gasteiger partial charge in [0.25, 0.3) is 0 Å². The first-order valence-electron chi connectivity index (χ1n) is 11.2. The highest BCUT2D eigenvalue weighted by molar-refractivity contribution is 5.70. The van der Waals surface area contributed by atoms with Gasteiger partial charge in [0, 0.05) is 12.1 Å². The Morgan fingerprint density at radius 3 is 1.23 bits per heavy atom. The van der Waals surface area contributed by atoms with Crippen molar-refractivity contribution in [3.63, 3.8) is 0 Å². The van der Waals surface area contributed by atoms with Crippen LogP contribution in [0.2, 0.25) is 0 Å². The number of carbonyl (C=O) groups is 2. The molecule has 0 saturated carbocycles. The van der Waals surface area contributed by atoms with Crippen LogP contribution in [0.25, 0.3) is 0 Å². The lowest BCUT2D eigenvalue weighted by Crippen LogP contribution is -2.41. The summed E-state index contributed by atoms with van der Waals surface area (Å²) in [4.78, 5) is 27.2. The number of ether oxygens (including phenoxy) is 2. The van der Waals surface area contributed by atoms with E-state index in [1.54, 1.807) is 9.80 Å². The molecule has 0 aromatic heterocycles. The van der Waals surface area contributed by atoms with Crippen LogP contribution in [0.3, 0.4) is 0 Å². The van der Waals surface area contributed by atoms with E-state index in [1.807, 2.05) is 41.5 Å². The molecule has 0 unspecified atom stereocenters. The Bertz CT molecular complexity index is 599. The molecule has 8 nitrogen and oxygen atoms in total. The van der Waals surface area contributed by atoms with Crippen LogP contribution >= 0.6 is 0 Å². The number of aliphatic hydroxyl groups excluding tert-OH is 2. The Morgan fingerprint density at radius 1 is 0.700 bits per heavy atom. The second kappa shape index (κ2) is 8.19. The average Bonchev–Trinajstić information content (AvgIpc) is 3.28. The third-order valence-electron chi connectivity index (χ3n) is 6.22. The topological polar surface area (TPSA) is 99.5 Å². The normalized spacial score (nSPS) is 34.7. The number of fused-ring (bicyclic) bond motifs is 4. The van der Waals surface area contributed by atoms with E-state index in [0.717, 1.165) is 25.7 Å². The van der Waals surface area contributed by atoms with E-state index in [9.17, 15) is 19.8 Å². The summed E-state index contributed by atoms with van der Waals surface area (Å²) in [5, 5.41) is 19.4. The van der Waals surface area contributed by atoms with Crippen molar-refractivity contribution in [1.29, 1.82) is 0 Å². The summed E-state index contributed by atoms with van der Waals surface area (Å²) in [6.07, 6.45) is 4.00. The zero-order valence-corrected chi connectivity index (χ0v) is 19.1. The maximum atomic E-state index is 11.9. The van der Waals surface area contributed by atoms with Gasteiger partial charge < -0.3 is 19.7 Å². The van der Waals surface area contributed by atoms with E-state index >= 15 is 0 Å². The van der Waals surface area contributed by atoms with Gasteiger partial charge in [0.1, 0.15) is 11.2 Å². The Balaban J connectivity index is 0.000000171. The molecule has 0 aromatic carbocycles. The lowest BCUT2D eigenvalue weighted by Gasteiger charge is -2.27. The number of amides is 2. The molecule has 4 aliphatic heterocycles. The molecule has 0 radical (unpaired) electrons. The lowest BCUT2D eigenvalue weighted by atomic mass is 9.98. The molecule has 30 heavy (non-hydrogen) atoms. The Labute approximate surface area is 179 Å². The van der Waals surface area contributed by atoms with E-state index in [0.29, 0.717) is 12.8 Å². The summed E-state index contributed by atoms with van der Waals surface area (Å²) >= 11 is 0. The summed E-state index contributed by atoms with van der Waals surface area (Å²) < 4.78 is 10.7. The second-order valence-corrected chi connectivity index (χ2v) is 11.0. The summed E-state index contributed by atoms with van der Waals surface area (Å²) in [6, 6.07) is 0.370. The van der Waals surface area contributed by atoms with Crippen molar-refractivity contribution < 1.29 is 29.3 Å². The fraction of sp³-hybridized carbons (Fsp3) is 0.909. The van der Waals surface area contributed by atoms with E-state index in [-0.39, 0.29) is 48.6 Å². The lowest BCUT2D eigenvalue weighted by molar-refractivity contribution is 0.0161. The quantitative estimate of drug-likeness (QED) is 0.618. The summed E-state index contributed by atoms with van der Waals surface area (Å²) in [6.45, 7) is 11.2. The third kappa shape index (κ3) is 5.02. The summed E-state index contributed by atoms with van der Waals surface area (Å²) in [5.74, 6) is 0. The van der Waals surface area contributed by atoms with Gasteiger partial charge in [-0.25, -0.2) is 9.59 Å². The van der Waals surface area contributed by atoms with Crippen molar-refractivity contribution in [2.45, 2.75) is 128 Å². The molecule has 4 bridgehead atoms. The summed E-state index contributed by atoms with van der Waals surface area (Å²) in [5.41, 5.74) is -0.909. The first-order valence-corrected chi connectivity index (χ1v) is 11.2. The molecule has 8 heteroatoms. The highest BCUT2D eigenvalue weighted by atomic mass is 16.6. The zero-order chi connectivity index (χ0) is 22.4. The van der Waals surface area contributed by atoms with E-state index in [2.05, 4.69) is 0 Å². The van der Waals surface area contributed by atoms with Crippen LogP contribution in [-0.4, -0.2) is 79.8 Å². The number of nitrogens with zero attached hydrogens (tertiary/aromatic N) is 2. The summed E-state index contributed by atoms with van der Waals surface area (Å²) in [7, 11) is 0. The van der Waals surface area contributed by atoms with E-state index < -0.39 is 11.2 Å². The molecule has 4 fully saturated rings. The van der Waals surface area contributed by atoms with Gasteiger partial charge in [-0.1, -0.05) is 0 Å². The van der Waals surface area contributed by atoms with Crippen molar-refractivity contribution in [1.82, 2.24) is 9.80 Å². The molecule has 4 heterocycles. The fourth-order valence-corrected chi connectivity index (χ4v) is 5.11. The molecule has 4 aliphatic rings. The molecule has 0 aromatic rings. The van der Waals surface area contributed by atoms with Crippen LogP contribution in [-0.2, 0) is 9.47 Å². The maximum absolute atomic E-state index is 11.9. The minimum absolute atomic E-state index is 0.00940. The Kier molecular flexibility index (Phi) is 6.31. The van der Waals surface area contributed by atoms with E-state index in [1.165, 1.54) is 0 Å². The van der Waals surface area contributed by atoms with Crippen molar-refractivity contribution in [2.75, 3.05) is 0 Å². The number of hydrogen-bond donors (Lipinski definition) is 2. The molecule has 172 valence electrons. The van der Waals surface area contributed by atoms with Gasteiger partial charge in [0.2, 0.25) is 0 Å². The molecule has 0 spiro atoms. The van der Waals surface area contributed by atoms with Gasteiger partial charge in [-0.15, -0.1) is 0 Å². The van der Waals surface area contributed by atoms with Crippen molar-refractivity contribution >= 4 is 12.2 Å². The predicted molar refractivity (Wildman–Crippen MR) is 111 cm³/mol. The van der Waals surface area contributed by atoms with Gasteiger partial charge in [-0.3, -0.25) is 9.80 Å². The maximum Gasteiger partial charge on any atom is 0.410 e. The highest BCUT2D eigenvalue weighted by Gasteiger charge is 2.50. The number of aliphatic hydroxyl groups is 2. The van der Waals surface area contributed by atoms with Crippen LogP contribution in [0.4, 0.5) is 9.59 Å². The number of carbonyl (C=O) groups excluding carboxylic acids is 2. The van der Waals surface area contributed by atoms with Gasteiger partial charge in [0.15, 0.2) is 0 Å². The van der Waals surface area contributed by atoms with Crippen LogP contribution in [0.5, 0.6) is 0 Å². The monoisotopic (exact) mass is 426 g/mol. The van der Waals surface area contributed by atoms with Crippen molar-refractivity contribution in [3.8, 4) is 0 Å². The predicted octanol–water partition coefficient (Wildman–Crippen LogP) is 3.04. The van der Waals surface area contributed by atoms with Gasteiger partial charge in [-0.2, -0.15) is 0 Å². The smallest absolute Gasteiger partial charge is 0.410 e. The average molecular weight is 427 g/mol. The highest BCUT2D eigenvalue weighted by Crippen LogP contribution is 2.39. The zero-order valence-electron chi connectivity index (χ0n) is 19.1. The van der Waals surface area contributed by atoms with Crippen LogP contribution in [0.1, 0.15) is 80.1 Å². The Morgan fingerprint density at radius 2 is 1.03 bits per heavy atom. The van der Waals surface area contributed by atoms with Crippen LogP contribution < -0.4 is 0 Å². The molecule has 6 atom stereocenters. The van der Waals surface area contributed by atoms with Crippen LogP contribution in [0, 0.1) is 0 Å². The number of hydrogen-bond acceptors (Lipinski definition) is 6. The van der Waals surface area contributed by atoms with Gasteiger partial charge in [0.05, 0.1) is 24.3 Å².